The Morgan fingerprint density at radius 3 is 1.89 bits per heavy atom. The van der Waals surface area contributed by atoms with Gasteiger partial charge in [0.05, 0.1) is 0 Å². The molecule has 0 fully saturated rings. The van der Waals surface area contributed by atoms with Gasteiger partial charge in [-0.05, 0) is 89.6 Å². The average Bonchev–Trinajstić information content (AvgIpc) is 3.74. The molecule has 0 unspecified atom stereocenters. The quantitative estimate of drug-likeness (QED) is 0.201. The summed E-state index contributed by atoms with van der Waals surface area (Å²) in [5.41, 5.74) is 5.30. The first-order valence-electron chi connectivity index (χ1n) is 14.8. The highest BCUT2D eigenvalue weighted by molar-refractivity contribution is 7.26. The van der Waals surface area contributed by atoms with E-state index in [1.54, 1.807) is 0 Å². The van der Waals surface area contributed by atoms with Crippen LogP contribution in [0, 0.1) is 0 Å². The molecule has 0 aliphatic carbocycles. The Bertz CT molecular complexity index is 2730. The summed E-state index contributed by atoms with van der Waals surface area (Å²) in [6, 6.07) is 50.6. The first-order valence-corrected chi connectivity index (χ1v) is 16.4. The predicted octanol–water partition coefficient (Wildman–Crippen LogP) is 12.9. The van der Waals surface area contributed by atoms with Crippen LogP contribution in [0.15, 0.2) is 144 Å². The van der Waals surface area contributed by atoms with E-state index in [1.807, 2.05) is 22.7 Å². The number of benzene rings is 7. The standard InChI is InChI=1S/C40H23NOS2/c1-2-10-26(11-3-1)41(27-14-17-36-32(22-27)29-12-6-7-13-35(29)43-36)28-15-18-37-33(23-28)39-38(44-37)19-16-30-31-20-24-8-4-5-9-25(24)21-34(31)42-40(30)39/h1-23H. The average molecular weight is 598 g/mol. The Labute approximate surface area is 260 Å². The Morgan fingerprint density at radius 1 is 0.409 bits per heavy atom. The van der Waals surface area contributed by atoms with Gasteiger partial charge >= 0.3 is 0 Å². The van der Waals surface area contributed by atoms with E-state index in [9.17, 15) is 0 Å². The second kappa shape index (κ2) is 9.17. The molecule has 0 bridgehead atoms. The van der Waals surface area contributed by atoms with Crippen LogP contribution in [-0.4, -0.2) is 0 Å². The van der Waals surface area contributed by atoms with Crippen LogP contribution in [0.3, 0.4) is 0 Å². The Kier molecular flexibility index (Phi) is 5.06. The molecule has 3 aromatic heterocycles. The van der Waals surface area contributed by atoms with Gasteiger partial charge in [0.2, 0.25) is 0 Å². The van der Waals surface area contributed by atoms with Gasteiger partial charge in [-0.1, -0.05) is 60.7 Å². The molecule has 10 aromatic rings. The van der Waals surface area contributed by atoms with Crippen LogP contribution >= 0.6 is 22.7 Å². The van der Waals surface area contributed by atoms with Crippen LogP contribution in [-0.2, 0) is 0 Å². The minimum absolute atomic E-state index is 0.934. The Balaban J connectivity index is 1.23. The third-order valence-electron chi connectivity index (χ3n) is 8.81. The van der Waals surface area contributed by atoms with E-state index in [0.717, 1.165) is 33.6 Å². The van der Waals surface area contributed by atoms with Gasteiger partial charge in [-0.25, -0.2) is 0 Å². The lowest BCUT2D eigenvalue weighted by molar-refractivity contribution is 0.673. The number of thiophene rings is 2. The van der Waals surface area contributed by atoms with Crippen molar-refractivity contribution in [1.29, 1.82) is 0 Å². The molecule has 44 heavy (non-hydrogen) atoms. The molecule has 2 nitrogen and oxygen atoms in total. The maximum absolute atomic E-state index is 6.68. The normalized spacial score (nSPS) is 12.1. The summed E-state index contributed by atoms with van der Waals surface area (Å²) < 4.78 is 11.8. The van der Waals surface area contributed by atoms with Gasteiger partial charge < -0.3 is 9.32 Å². The van der Waals surface area contributed by atoms with Crippen molar-refractivity contribution in [2.75, 3.05) is 4.90 Å². The molecule has 4 heteroatoms. The number of nitrogens with zero attached hydrogens (tertiary/aromatic N) is 1. The van der Waals surface area contributed by atoms with Gasteiger partial charge in [-0.15, -0.1) is 22.7 Å². The molecule has 0 saturated carbocycles. The van der Waals surface area contributed by atoms with Gasteiger partial charge in [0, 0.05) is 68.2 Å². The lowest BCUT2D eigenvalue weighted by Gasteiger charge is -2.25. The van der Waals surface area contributed by atoms with Crippen molar-refractivity contribution in [3.63, 3.8) is 0 Å². The summed E-state index contributed by atoms with van der Waals surface area (Å²) in [6.45, 7) is 0. The molecule has 0 radical (unpaired) electrons. The zero-order valence-corrected chi connectivity index (χ0v) is 25.1. The number of fused-ring (bicyclic) bond motifs is 11. The summed E-state index contributed by atoms with van der Waals surface area (Å²) in [4.78, 5) is 2.38. The van der Waals surface area contributed by atoms with Crippen LogP contribution in [0.2, 0.25) is 0 Å². The molecule has 0 saturated heterocycles. The molecule has 0 aliphatic heterocycles. The largest absolute Gasteiger partial charge is 0.455 e. The lowest BCUT2D eigenvalue weighted by Crippen LogP contribution is -2.09. The van der Waals surface area contributed by atoms with E-state index in [0.29, 0.717) is 0 Å². The van der Waals surface area contributed by atoms with E-state index >= 15 is 0 Å². The second-order valence-corrected chi connectivity index (χ2v) is 13.5. The Morgan fingerprint density at radius 2 is 1.05 bits per heavy atom. The monoisotopic (exact) mass is 597 g/mol. The predicted molar refractivity (Wildman–Crippen MR) is 192 cm³/mol. The minimum Gasteiger partial charge on any atom is -0.455 e. The van der Waals surface area contributed by atoms with Crippen molar-refractivity contribution in [3.8, 4) is 0 Å². The van der Waals surface area contributed by atoms with Crippen LogP contribution in [0.4, 0.5) is 17.1 Å². The van der Waals surface area contributed by atoms with Crippen molar-refractivity contribution in [2.24, 2.45) is 0 Å². The van der Waals surface area contributed by atoms with Crippen molar-refractivity contribution in [2.45, 2.75) is 0 Å². The van der Waals surface area contributed by atoms with Crippen LogP contribution in [0.5, 0.6) is 0 Å². The molecule has 0 aliphatic rings. The summed E-state index contributed by atoms with van der Waals surface area (Å²) >= 11 is 3.68. The molecule has 3 heterocycles. The highest BCUT2D eigenvalue weighted by atomic mass is 32.1. The molecule has 0 spiro atoms. The third-order valence-corrected chi connectivity index (χ3v) is 11.1. The fraction of sp³-hybridized carbons (Fsp3) is 0. The number of furan rings is 1. The summed E-state index contributed by atoms with van der Waals surface area (Å²) in [5.74, 6) is 0. The molecule has 10 rings (SSSR count). The Hall–Kier alpha value is -5.16. The fourth-order valence-electron chi connectivity index (χ4n) is 6.78. The van der Waals surface area contributed by atoms with E-state index in [1.165, 1.54) is 56.5 Å². The highest BCUT2D eigenvalue weighted by Crippen LogP contribution is 2.46. The fourth-order valence-corrected chi connectivity index (χ4v) is 8.96. The van der Waals surface area contributed by atoms with Gasteiger partial charge in [-0.2, -0.15) is 0 Å². The molecule has 0 N–H and O–H groups in total. The number of hydrogen-bond donors (Lipinski definition) is 0. The zero-order valence-electron chi connectivity index (χ0n) is 23.5. The number of hydrogen-bond acceptors (Lipinski definition) is 4. The van der Waals surface area contributed by atoms with Gasteiger partial charge in [0.1, 0.15) is 11.2 Å². The topological polar surface area (TPSA) is 16.4 Å². The lowest BCUT2D eigenvalue weighted by atomic mass is 10.0. The summed E-state index contributed by atoms with van der Waals surface area (Å²) in [7, 11) is 0. The molecule has 0 atom stereocenters. The molecule has 0 amide bonds. The third kappa shape index (κ3) is 3.53. The van der Waals surface area contributed by atoms with Crippen LogP contribution in [0.1, 0.15) is 0 Å². The molecule has 7 aromatic carbocycles. The van der Waals surface area contributed by atoms with E-state index in [4.69, 9.17) is 4.42 Å². The number of rotatable bonds is 3. The van der Waals surface area contributed by atoms with E-state index < -0.39 is 0 Å². The zero-order chi connectivity index (χ0) is 28.8. The highest BCUT2D eigenvalue weighted by Gasteiger charge is 2.19. The smallest absolute Gasteiger partial charge is 0.144 e. The van der Waals surface area contributed by atoms with Crippen LogP contribution < -0.4 is 4.90 Å². The first kappa shape index (κ1) is 24.3. The number of anilines is 3. The second-order valence-electron chi connectivity index (χ2n) is 11.3. The van der Waals surface area contributed by atoms with E-state index in [2.05, 4.69) is 144 Å². The van der Waals surface area contributed by atoms with Crippen molar-refractivity contribution in [1.82, 2.24) is 0 Å². The van der Waals surface area contributed by atoms with Crippen molar-refractivity contribution < 1.29 is 4.42 Å². The van der Waals surface area contributed by atoms with Crippen LogP contribution in [0.25, 0.3) is 73.1 Å². The maximum atomic E-state index is 6.68. The van der Waals surface area contributed by atoms with E-state index in [-0.39, 0.29) is 0 Å². The van der Waals surface area contributed by atoms with Crippen molar-refractivity contribution in [3.05, 3.63) is 140 Å². The van der Waals surface area contributed by atoms with Gasteiger partial charge in [0.15, 0.2) is 0 Å². The summed E-state index contributed by atoms with van der Waals surface area (Å²) in [6.07, 6.45) is 0. The molecular weight excluding hydrogens is 575 g/mol. The van der Waals surface area contributed by atoms with Gasteiger partial charge in [-0.3, -0.25) is 0 Å². The molecular formula is C40H23NOS2. The SMILES string of the molecule is c1ccc(N(c2ccc3sc4ccccc4c3c2)c2ccc3sc4ccc5c6cc7ccccc7cc6oc5c4c3c2)cc1. The first-order chi connectivity index (χ1) is 21.8. The van der Waals surface area contributed by atoms with Crippen molar-refractivity contribution >= 4 is 113 Å². The minimum atomic E-state index is 0.934. The van der Waals surface area contributed by atoms with Gasteiger partial charge in [0.25, 0.3) is 0 Å². The maximum Gasteiger partial charge on any atom is 0.144 e. The number of para-hydroxylation sites is 1. The summed E-state index contributed by atoms with van der Waals surface area (Å²) in [5, 5.41) is 9.77. The molecule has 206 valence electrons.